The van der Waals surface area contributed by atoms with Crippen molar-refractivity contribution in [3.63, 3.8) is 0 Å². The molecule has 4 rings (SSSR count). The average molecular weight is 444 g/mol. The summed E-state index contributed by atoms with van der Waals surface area (Å²) in [4.78, 5) is 34.9. The second-order valence-corrected chi connectivity index (χ2v) is 8.48. The first-order valence-corrected chi connectivity index (χ1v) is 11.3. The minimum absolute atomic E-state index is 0.0599. The van der Waals surface area contributed by atoms with E-state index in [2.05, 4.69) is 15.3 Å². The van der Waals surface area contributed by atoms with Gasteiger partial charge in [0.05, 0.1) is 18.6 Å². The van der Waals surface area contributed by atoms with Gasteiger partial charge in [0.1, 0.15) is 17.1 Å². The highest BCUT2D eigenvalue weighted by Crippen LogP contribution is 2.40. The van der Waals surface area contributed by atoms with Crippen LogP contribution in [0.15, 0.2) is 46.1 Å². The van der Waals surface area contributed by atoms with Crippen LogP contribution >= 0.6 is 11.8 Å². The summed E-state index contributed by atoms with van der Waals surface area (Å²) < 4.78 is 16.3. The average Bonchev–Trinajstić information content (AvgIpc) is 3.48. The Balaban J connectivity index is 1.48. The van der Waals surface area contributed by atoms with E-state index in [0.29, 0.717) is 61.5 Å². The van der Waals surface area contributed by atoms with Crippen LogP contribution in [0.5, 0.6) is 0 Å². The maximum absolute atomic E-state index is 13.2. The molecule has 0 radical (unpaired) electrons. The minimum Gasteiger partial charge on any atom is -0.467 e. The molecule has 1 saturated heterocycles. The van der Waals surface area contributed by atoms with Gasteiger partial charge in [0.2, 0.25) is 0 Å². The van der Waals surface area contributed by atoms with Crippen molar-refractivity contribution in [1.82, 2.24) is 10.3 Å². The summed E-state index contributed by atoms with van der Waals surface area (Å²) in [7, 11) is 0. The van der Waals surface area contributed by atoms with Gasteiger partial charge in [-0.05, 0) is 44.0 Å². The Morgan fingerprint density at radius 3 is 2.87 bits per heavy atom. The van der Waals surface area contributed by atoms with Crippen molar-refractivity contribution >= 4 is 28.6 Å². The summed E-state index contributed by atoms with van der Waals surface area (Å²) in [6.45, 7) is 4.00. The molecule has 2 aromatic heterocycles. The molecule has 164 valence electrons. The second-order valence-electron chi connectivity index (χ2n) is 7.35. The molecule has 0 aromatic carbocycles. The second kappa shape index (κ2) is 10.2. The summed E-state index contributed by atoms with van der Waals surface area (Å²) in [6.07, 6.45) is 4.57. The minimum atomic E-state index is -0.461. The van der Waals surface area contributed by atoms with E-state index < -0.39 is 11.3 Å². The number of nitrogens with zero attached hydrogens (tertiary/aromatic N) is 2. The number of aliphatic imine (C=N–C) groups is 1. The lowest BCUT2D eigenvalue weighted by Crippen LogP contribution is -2.33. The number of amides is 1. The van der Waals surface area contributed by atoms with Crippen molar-refractivity contribution in [1.29, 1.82) is 0 Å². The number of carbonyl (C=O) groups excluding carboxylic acids is 2. The molecule has 9 heteroatoms. The molecule has 0 spiro atoms. The van der Waals surface area contributed by atoms with E-state index >= 15 is 0 Å². The van der Waals surface area contributed by atoms with Crippen LogP contribution in [0.2, 0.25) is 0 Å². The van der Waals surface area contributed by atoms with Crippen molar-refractivity contribution in [3.8, 4) is 0 Å². The molecule has 1 N–H and O–H groups in total. The van der Waals surface area contributed by atoms with E-state index in [1.54, 1.807) is 30.7 Å². The van der Waals surface area contributed by atoms with Crippen molar-refractivity contribution in [2.75, 3.05) is 19.8 Å². The molecule has 0 aliphatic carbocycles. The van der Waals surface area contributed by atoms with Crippen molar-refractivity contribution in [3.05, 3.63) is 53.7 Å². The number of Topliss-reactive ketones (excluding diaryl/α,β-unsaturated/α-hetero) is 1. The van der Waals surface area contributed by atoms with Crippen LogP contribution < -0.4 is 5.32 Å². The summed E-state index contributed by atoms with van der Waals surface area (Å²) >= 11 is 1.29. The number of ketones is 1. The number of thioether (sulfide) groups is 1. The van der Waals surface area contributed by atoms with Gasteiger partial charge in [0.15, 0.2) is 11.0 Å². The molecule has 8 nitrogen and oxygen atoms in total. The lowest BCUT2D eigenvalue weighted by Gasteiger charge is -2.24. The number of hydrogen-bond acceptors (Lipinski definition) is 8. The Labute approximate surface area is 184 Å². The van der Waals surface area contributed by atoms with Crippen LogP contribution in [0.3, 0.4) is 0 Å². The number of hydrogen-bond donors (Lipinski definition) is 1. The number of amidine groups is 1. The Morgan fingerprint density at radius 2 is 2.13 bits per heavy atom. The van der Waals surface area contributed by atoms with E-state index in [4.69, 9.17) is 13.9 Å². The molecule has 1 fully saturated rings. The fraction of sp³-hybridized carbons (Fsp3) is 0.455. The molecule has 4 heterocycles. The Kier molecular flexibility index (Phi) is 7.16. The molecule has 2 aromatic rings. The summed E-state index contributed by atoms with van der Waals surface area (Å²) in [5.74, 6) is 0.384. The molecular formula is C22H25N3O5S. The fourth-order valence-electron chi connectivity index (χ4n) is 3.65. The normalized spacial score (nSPS) is 21.6. The highest BCUT2D eigenvalue weighted by molar-refractivity contribution is 8.15. The number of pyridine rings is 1. The number of rotatable bonds is 7. The Hall–Kier alpha value is -2.49. The highest BCUT2D eigenvalue weighted by Gasteiger charge is 2.41. The number of ether oxygens (including phenoxy) is 2. The largest absolute Gasteiger partial charge is 0.467 e. The van der Waals surface area contributed by atoms with Gasteiger partial charge in [-0.1, -0.05) is 11.8 Å². The lowest BCUT2D eigenvalue weighted by atomic mass is 9.90. The van der Waals surface area contributed by atoms with E-state index in [-0.39, 0.29) is 17.6 Å². The molecular weight excluding hydrogens is 418 g/mol. The predicted octanol–water partition coefficient (Wildman–Crippen LogP) is 3.15. The fourth-order valence-corrected chi connectivity index (χ4v) is 4.84. The third-order valence-electron chi connectivity index (χ3n) is 5.27. The number of nitrogens with one attached hydrogen (secondary N) is 1. The molecule has 31 heavy (non-hydrogen) atoms. The summed E-state index contributed by atoms with van der Waals surface area (Å²) in [6, 6.07) is 6.46. The molecule has 0 bridgehead atoms. The first-order chi connectivity index (χ1) is 15.2. The van der Waals surface area contributed by atoms with E-state index in [1.807, 2.05) is 13.0 Å². The predicted molar refractivity (Wildman–Crippen MR) is 116 cm³/mol. The number of aromatic nitrogens is 1. The van der Waals surface area contributed by atoms with Crippen LogP contribution in [0.25, 0.3) is 0 Å². The quantitative estimate of drug-likeness (QED) is 0.701. The summed E-state index contributed by atoms with van der Waals surface area (Å²) in [5, 5.41) is 2.83. The Bertz CT molecular complexity index is 940. The van der Waals surface area contributed by atoms with Gasteiger partial charge in [-0.2, -0.15) is 0 Å². The van der Waals surface area contributed by atoms with Crippen LogP contribution in [0, 0.1) is 5.92 Å². The molecule has 1 amide bonds. The van der Waals surface area contributed by atoms with Gasteiger partial charge in [-0.15, -0.1) is 0 Å². The first kappa shape index (κ1) is 21.7. The summed E-state index contributed by atoms with van der Waals surface area (Å²) in [5.41, 5.74) is 1.14. The van der Waals surface area contributed by atoms with Gasteiger partial charge in [0, 0.05) is 37.5 Å². The van der Waals surface area contributed by atoms with Crippen LogP contribution in [0.1, 0.15) is 47.6 Å². The number of carbonyl (C=O) groups is 2. The highest BCUT2D eigenvalue weighted by atomic mass is 32.2. The molecule has 2 unspecified atom stereocenters. The third kappa shape index (κ3) is 5.23. The number of furan rings is 1. The molecule has 2 aliphatic heterocycles. The van der Waals surface area contributed by atoms with E-state index in [1.165, 1.54) is 11.8 Å². The maximum Gasteiger partial charge on any atom is 0.257 e. The standard InChI is InChI=1S/C22H25N3O5S/c1-2-28-13-16-12-15(5-8-23-16)21(27)25-22-24-18(17-4-3-9-30-17)20(31-22)19(26)14-6-10-29-11-7-14/h3-5,8-9,12,14,18,20H,2,6-7,10-11,13H2,1H3,(H,24,25,27). The molecule has 0 saturated carbocycles. The smallest absolute Gasteiger partial charge is 0.257 e. The maximum atomic E-state index is 13.2. The monoisotopic (exact) mass is 443 g/mol. The van der Waals surface area contributed by atoms with Crippen molar-refractivity contribution in [2.24, 2.45) is 10.9 Å². The van der Waals surface area contributed by atoms with Crippen LogP contribution in [-0.2, 0) is 20.9 Å². The molecule has 2 atom stereocenters. The van der Waals surface area contributed by atoms with Crippen molar-refractivity contribution in [2.45, 2.75) is 37.7 Å². The zero-order chi connectivity index (χ0) is 21.6. The van der Waals surface area contributed by atoms with E-state index in [9.17, 15) is 9.59 Å². The third-order valence-corrected chi connectivity index (χ3v) is 6.45. The zero-order valence-electron chi connectivity index (χ0n) is 17.3. The Morgan fingerprint density at radius 1 is 1.29 bits per heavy atom. The van der Waals surface area contributed by atoms with Gasteiger partial charge < -0.3 is 19.2 Å². The SMILES string of the molecule is CCOCc1cc(C(=O)NC2=NC(c3ccco3)C(C(=O)C3CCOCC3)S2)ccn1. The molecule has 2 aliphatic rings. The zero-order valence-corrected chi connectivity index (χ0v) is 18.1. The van der Waals surface area contributed by atoms with Gasteiger partial charge in [-0.25, -0.2) is 4.99 Å². The van der Waals surface area contributed by atoms with Crippen molar-refractivity contribution < 1.29 is 23.5 Å². The van der Waals surface area contributed by atoms with Gasteiger partial charge >= 0.3 is 0 Å². The van der Waals surface area contributed by atoms with E-state index in [0.717, 1.165) is 0 Å². The van der Waals surface area contributed by atoms with Gasteiger partial charge in [0.25, 0.3) is 5.91 Å². The lowest BCUT2D eigenvalue weighted by molar-refractivity contribution is -0.125. The van der Waals surface area contributed by atoms with Crippen LogP contribution in [0.4, 0.5) is 0 Å². The van der Waals surface area contributed by atoms with Gasteiger partial charge in [-0.3, -0.25) is 14.6 Å². The first-order valence-electron chi connectivity index (χ1n) is 10.4. The van der Waals surface area contributed by atoms with Crippen LogP contribution in [-0.4, -0.2) is 46.9 Å². The topological polar surface area (TPSA) is 103 Å².